The molecule has 1 heterocycles. The summed E-state index contributed by atoms with van der Waals surface area (Å²) in [4.78, 5) is 0. The van der Waals surface area contributed by atoms with Crippen LogP contribution in [0.1, 0.15) is 5.69 Å². The summed E-state index contributed by atoms with van der Waals surface area (Å²) in [6.45, 7) is 2.08. The molecule has 0 atom stereocenters. The number of nitrogens with zero attached hydrogens (tertiary/aromatic N) is 1. The summed E-state index contributed by atoms with van der Waals surface area (Å²) in [7, 11) is 2.04. The molecule has 0 amide bonds. The Kier molecular flexibility index (Phi) is 2.85. The summed E-state index contributed by atoms with van der Waals surface area (Å²) in [5.41, 5.74) is 1.28. The van der Waals surface area contributed by atoms with Crippen LogP contribution in [0.3, 0.4) is 0 Å². The first-order valence-corrected chi connectivity index (χ1v) is 2.72. The molecule has 9 heavy (non-hydrogen) atoms. The molecule has 1 rings (SSSR count). The number of pyridine rings is 1. The van der Waals surface area contributed by atoms with Gasteiger partial charge < -0.3 is 4.70 Å². The van der Waals surface area contributed by atoms with Crippen LogP contribution < -0.4 is 9.27 Å². The standard InChI is InChI=1S/C7H10N.FH/c1-7-5-3-4-6-8(7)2;/h3-6H,1-2H3;1H/q+1;/p-1. The summed E-state index contributed by atoms with van der Waals surface area (Å²) in [5, 5.41) is 0. The van der Waals surface area contributed by atoms with Gasteiger partial charge in [0.2, 0.25) is 0 Å². The number of hydrogen-bond acceptors (Lipinski definition) is 0. The van der Waals surface area contributed by atoms with E-state index in [1.54, 1.807) is 0 Å². The van der Waals surface area contributed by atoms with E-state index in [1.807, 2.05) is 25.4 Å². The van der Waals surface area contributed by atoms with E-state index >= 15 is 0 Å². The van der Waals surface area contributed by atoms with Gasteiger partial charge >= 0.3 is 0 Å². The predicted octanol–water partition coefficient (Wildman–Crippen LogP) is -2.18. The molecule has 0 saturated heterocycles. The fraction of sp³-hybridized carbons (Fsp3) is 0.286. The van der Waals surface area contributed by atoms with Crippen molar-refractivity contribution in [2.24, 2.45) is 7.05 Å². The normalized spacial score (nSPS) is 8.22. The molecule has 50 valence electrons. The number of halogens is 1. The molecule has 0 spiro atoms. The van der Waals surface area contributed by atoms with E-state index in [0.29, 0.717) is 0 Å². The van der Waals surface area contributed by atoms with Gasteiger partial charge in [-0.1, -0.05) is 6.07 Å². The molecule has 0 aliphatic rings. The van der Waals surface area contributed by atoms with Crippen molar-refractivity contribution in [3.05, 3.63) is 30.1 Å². The molecule has 0 aliphatic carbocycles. The number of hydrogen-bond donors (Lipinski definition) is 0. The minimum Gasteiger partial charge on any atom is -1.00 e. The molecular formula is C7H10FN. The van der Waals surface area contributed by atoms with Crippen molar-refractivity contribution in [3.63, 3.8) is 0 Å². The highest BCUT2D eigenvalue weighted by Crippen LogP contribution is 1.83. The Morgan fingerprint density at radius 2 is 2.00 bits per heavy atom. The highest BCUT2D eigenvalue weighted by atomic mass is 19.0. The smallest absolute Gasteiger partial charge is 0.177 e. The SMILES string of the molecule is Cc1cccc[n+]1C.[F-]. The zero-order chi connectivity index (χ0) is 5.98. The van der Waals surface area contributed by atoms with Crippen molar-refractivity contribution < 1.29 is 9.27 Å². The van der Waals surface area contributed by atoms with Crippen molar-refractivity contribution >= 4 is 0 Å². The molecule has 0 aliphatic heterocycles. The van der Waals surface area contributed by atoms with Gasteiger partial charge in [-0.2, -0.15) is 0 Å². The van der Waals surface area contributed by atoms with Crippen LogP contribution >= 0.6 is 0 Å². The summed E-state index contributed by atoms with van der Waals surface area (Å²) in [6.07, 6.45) is 2.04. The summed E-state index contributed by atoms with van der Waals surface area (Å²) in [6, 6.07) is 6.14. The van der Waals surface area contributed by atoms with Gasteiger partial charge in [-0.25, -0.2) is 4.57 Å². The monoisotopic (exact) mass is 127 g/mol. The van der Waals surface area contributed by atoms with Crippen molar-refractivity contribution in [2.45, 2.75) is 6.92 Å². The lowest BCUT2D eigenvalue weighted by molar-refractivity contribution is -0.677. The Balaban J connectivity index is 0.000000640. The zero-order valence-electron chi connectivity index (χ0n) is 5.63. The van der Waals surface area contributed by atoms with Crippen LogP contribution in [0.2, 0.25) is 0 Å². The molecule has 0 N–H and O–H groups in total. The summed E-state index contributed by atoms with van der Waals surface area (Å²) < 4.78 is 2.08. The Morgan fingerprint density at radius 3 is 2.33 bits per heavy atom. The largest absolute Gasteiger partial charge is 1.00 e. The van der Waals surface area contributed by atoms with E-state index in [0.717, 1.165) is 0 Å². The molecular weight excluding hydrogens is 117 g/mol. The van der Waals surface area contributed by atoms with Gasteiger partial charge in [0, 0.05) is 19.1 Å². The molecule has 1 aromatic heterocycles. The van der Waals surface area contributed by atoms with Gasteiger partial charge in [-0.05, 0) is 0 Å². The van der Waals surface area contributed by atoms with Crippen LogP contribution in [-0.2, 0) is 7.05 Å². The fourth-order valence-electron chi connectivity index (χ4n) is 0.609. The third-order valence-electron chi connectivity index (χ3n) is 1.31. The third kappa shape index (κ3) is 1.80. The maximum Gasteiger partial charge on any atom is 0.177 e. The molecule has 0 saturated carbocycles. The number of rotatable bonds is 0. The Hall–Kier alpha value is -0.920. The Bertz CT molecular complexity index is 165. The van der Waals surface area contributed by atoms with E-state index in [2.05, 4.69) is 17.6 Å². The van der Waals surface area contributed by atoms with Crippen LogP contribution in [0, 0.1) is 6.92 Å². The molecule has 0 fully saturated rings. The highest BCUT2D eigenvalue weighted by molar-refractivity contribution is 4.93. The average Bonchev–Trinajstić information content (AvgIpc) is 1.77. The average molecular weight is 127 g/mol. The first-order chi connectivity index (χ1) is 3.80. The highest BCUT2D eigenvalue weighted by Gasteiger charge is 1.91. The minimum absolute atomic E-state index is 0. The maximum absolute atomic E-state index is 2.08. The maximum atomic E-state index is 2.08. The third-order valence-corrected chi connectivity index (χ3v) is 1.31. The van der Waals surface area contributed by atoms with Crippen molar-refractivity contribution in [1.29, 1.82) is 0 Å². The van der Waals surface area contributed by atoms with E-state index < -0.39 is 0 Å². The van der Waals surface area contributed by atoms with E-state index in [4.69, 9.17) is 0 Å². The first kappa shape index (κ1) is 8.08. The van der Waals surface area contributed by atoms with Gasteiger partial charge in [-0.15, -0.1) is 0 Å². The van der Waals surface area contributed by atoms with Gasteiger partial charge in [0.15, 0.2) is 11.9 Å². The van der Waals surface area contributed by atoms with Crippen molar-refractivity contribution in [2.75, 3.05) is 0 Å². The quantitative estimate of drug-likeness (QED) is 0.349. The van der Waals surface area contributed by atoms with Gasteiger partial charge in [-0.3, -0.25) is 0 Å². The molecule has 1 nitrogen and oxygen atoms in total. The van der Waals surface area contributed by atoms with Crippen molar-refractivity contribution in [3.8, 4) is 0 Å². The molecule has 1 aromatic rings. The molecule has 0 aromatic carbocycles. The Labute approximate surface area is 54.3 Å². The predicted molar refractivity (Wildman–Crippen MR) is 32.4 cm³/mol. The van der Waals surface area contributed by atoms with Gasteiger partial charge in [0.25, 0.3) is 0 Å². The van der Waals surface area contributed by atoms with Crippen molar-refractivity contribution in [1.82, 2.24) is 0 Å². The van der Waals surface area contributed by atoms with Crippen LogP contribution in [0.5, 0.6) is 0 Å². The zero-order valence-corrected chi connectivity index (χ0v) is 5.63. The lowest BCUT2D eigenvalue weighted by atomic mass is 10.4. The fourth-order valence-corrected chi connectivity index (χ4v) is 0.609. The van der Waals surface area contributed by atoms with E-state index in [1.165, 1.54) is 5.69 Å². The minimum atomic E-state index is 0. The molecule has 2 heteroatoms. The van der Waals surface area contributed by atoms with E-state index in [-0.39, 0.29) is 4.70 Å². The molecule has 0 radical (unpaired) electrons. The van der Waals surface area contributed by atoms with Gasteiger partial charge in [0.05, 0.1) is 0 Å². The van der Waals surface area contributed by atoms with Crippen LogP contribution in [0.25, 0.3) is 0 Å². The topological polar surface area (TPSA) is 3.88 Å². The number of aryl methyl sites for hydroxylation is 2. The second-order valence-corrected chi connectivity index (χ2v) is 1.95. The lowest BCUT2D eigenvalue weighted by Crippen LogP contribution is -3.00. The van der Waals surface area contributed by atoms with Crippen LogP contribution in [0.4, 0.5) is 0 Å². The van der Waals surface area contributed by atoms with Crippen LogP contribution in [-0.4, -0.2) is 0 Å². The lowest BCUT2D eigenvalue weighted by Gasteiger charge is -1.87. The molecule has 0 bridgehead atoms. The van der Waals surface area contributed by atoms with Crippen LogP contribution in [0.15, 0.2) is 24.4 Å². The second kappa shape index (κ2) is 3.17. The first-order valence-electron chi connectivity index (χ1n) is 2.72. The summed E-state index contributed by atoms with van der Waals surface area (Å²) >= 11 is 0. The summed E-state index contributed by atoms with van der Waals surface area (Å²) in [5.74, 6) is 0. The number of aromatic nitrogens is 1. The second-order valence-electron chi connectivity index (χ2n) is 1.95. The van der Waals surface area contributed by atoms with Gasteiger partial charge in [0.1, 0.15) is 7.05 Å². The Morgan fingerprint density at radius 1 is 1.33 bits per heavy atom. The van der Waals surface area contributed by atoms with E-state index in [9.17, 15) is 0 Å². The molecule has 0 unspecified atom stereocenters.